The van der Waals surface area contributed by atoms with Crippen LogP contribution in [-0.2, 0) is 22.4 Å². The predicted octanol–water partition coefficient (Wildman–Crippen LogP) is 3.94. The van der Waals surface area contributed by atoms with Crippen LogP contribution in [0.1, 0.15) is 16.9 Å². The molecule has 0 aliphatic carbocycles. The smallest absolute Gasteiger partial charge is 0.338 e. The molecule has 0 saturated heterocycles. The molecule has 0 unspecified atom stereocenters. The molecule has 0 bridgehead atoms. The van der Waals surface area contributed by atoms with E-state index in [1.165, 1.54) is 18.9 Å². The molecule has 0 spiro atoms. The molecule has 0 N–H and O–H groups in total. The number of thioether (sulfide) groups is 1. The quantitative estimate of drug-likeness (QED) is 0.598. The molecule has 0 aliphatic heterocycles. The molecule has 1 aromatic heterocycles. The molecule has 0 saturated carbocycles. The maximum absolute atomic E-state index is 12.0. The summed E-state index contributed by atoms with van der Waals surface area (Å²) in [6.45, 7) is 0. The van der Waals surface area contributed by atoms with Crippen molar-refractivity contribution in [1.29, 1.82) is 0 Å². The second kappa shape index (κ2) is 7.74. The topological polar surface area (TPSA) is 39.4 Å². The van der Waals surface area contributed by atoms with E-state index in [9.17, 15) is 4.79 Å². The Hall–Kier alpha value is -1.94. The van der Waals surface area contributed by atoms with E-state index in [1.54, 1.807) is 6.26 Å². The Morgan fingerprint density at radius 1 is 1.24 bits per heavy atom. The highest BCUT2D eigenvalue weighted by atomic mass is 32.2. The first-order valence-electron chi connectivity index (χ1n) is 6.68. The third kappa shape index (κ3) is 4.02. The van der Waals surface area contributed by atoms with Crippen LogP contribution >= 0.6 is 11.8 Å². The van der Waals surface area contributed by atoms with Crippen LogP contribution in [0.5, 0.6) is 0 Å². The minimum Gasteiger partial charge on any atom is -0.469 e. The second-order valence-corrected chi connectivity index (χ2v) is 5.20. The van der Waals surface area contributed by atoms with Crippen molar-refractivity contribution in [1.82, 2.24) is 0 Å². The highest BCUT2D eigenvalue weighted by Crippen LogP contribution is 2.24. The van der Waals surface area contributed by atoms with E-state index < -0.39 is 0 Å². The van der Waals surface area contributed by atoms with Crippen molar-refractivity contribution in [3.8, 4) is 0 Å². The molecule has 1 heterocycles. The zero-order valence-electron chi connectivity index (χ0n) is 12.2. The Labute approximate surface area is 129 Å². The molecule has 4 heteroatoms. The Morgan fingerprint density at radius 3 is 2.71 bits per heavy atom. The summed E-state index contributed by atoms with van der Waals surface area (Å²) in [5.41, 5.74) is 2.63. The monoisotopic (exact) mass is 302 g/mol. The first-order valence-corrected chi connectivity index (χ1v) is 7.97. The van der Waals surface area contributed by atoms with Crippen molar-refractivity contribution in [2.24, 2.45) is 0 Å². The van der Waals surface area contributed by atoms with E-state index in [2.05, 4.69) is 0 Å². The van der Waals surface area contributed by atoms with E-state index in [0.717, 1.165) is 29.7 Å². The van der Waals surface area contributed by atoms with Crippen molar-refractivity contribution in [3.63, 3.8) is 0 Å². The zero-order chi connectivity index (χ0) is 15.1. The highest BCUT2D eigenvalue weighted by Gasteiger charge is 2.15. The molecule has 0 atom stereocenters. The summed E-state index contributed by atoms with van der Waals surface area (Å²) in [5, 5.41) is 1.83. The maximum Gasteiger partial charge on any atom is 0.338 e. The number of benzene rings is 1. The fraction of sp³-hybridized carbons (Fsp3) is 0.235. The van der Waals surface area contributed by atoms with E-state index in [-0.39, 0.29) is 5.97 Å². The average molecular weight is 302 g/mol. The van der Waals surface area contributed by atoms with Crippen molar-refractivity contribution < 1.29 is 13.9 Å². The number of rotatable bonds is 6. The summed E-state index contributed by atoms with van der Waals surface area (Å²) in [5.74, 6) is 0.632. The van der Waals surface area contributed by atoms with E-state index in [0.29, 0.717) is 5.57 Å². The summed E-state index contributed by atoms with van der Waals surface area (Å²) >= 11 is 1.49. The third-order valence-corrected chi connectivity index (χ3v) is 3.64. The third-order valence-electron chi connectivity index (χ3n) is 3.17. The Balaban J connectivity index is 2.26. The largest absolute Gasteiger partial charge is 0.469 e. The molecule has 2 aromatic rings. The van der Waals surface area contributed by atoms with Crippen LogP contribution in [0.15, 0.2) is 52.5 Å². The van der Waals surface area contributed by atoms with Gasteiger partial charge in [0, 0.05) is 6.42 Å². The normalized spacial score (nSPS) is 11.4. The molecule has 2 rings (SSSR count). The lowest BCUT2D eigenvalue weighted by Crippen LogP contribution is -2.06. The fourth-order valence-corrected chi connectivity index (χ4v) is 2.62. The molecule has 0 aliphatic rings. The number of carbonyl (C=O) groups is 1. The van der Waals surface area contributed by atoms with Crippen LogP contribution in [-0.4, -0.2) is 19.3 Å². The average Bonchev–Trinajstić information content (AvgIpc) is 3.04. The van der Waals surface area contributed by atoms with Gasteiger partial charge in [0.1, 0.15) is 5.76 Å². The fourth-order valence-electron chi connectivity index (χ4n) is 2.16. The number of aryl methyl sites for hydroxylation is 2. The Kier molecular flexibility index (Phi) is 5.69. The number of esters is 1. The van der Waals surface area contributed by atoms with Gasteiger partial charge in [0.25, 0.3) is 0 Å². The predicted molar refractivity (Wildman–Crippen MR) is 86.1 cm³/mol. The van der Waals surface area contributed by atoms with Gasteiger partial charge in [-0.15, -0.1) is 11.8 Å². The Bertz CT molecular complexity index is 615. The highest BCUT2D eigenvalue weighted by molar-refractivity contribution is 8.01. The maximum atomic E-state index is 12.0. The molecular formula is C17H18O3S. The molecular weight excluding hydrogens is 284 g/mol. The lowest BCUT2D eigenvalue weighted by molar-refractivity contribution is -0.133. The second-order valence-electron chi connectivity index (χ2n) is 4.50. The van der Waals surface area contributed by atoms with Gasteiger partial charge in [0.15, 0.2) is 0 Å². The van der Waals surface area contributed by atoms with Gasteiger partial charge in [-0.05, 0) is 41.3 Å². The van der Waals surface area contributed by atoms with Gasteiger partial charge in [-0.2, -0.15) is 0 Å². The number of hydrogen-bond acceptors (Lipinski definition) is 4. The first kappa shape index (κ1) is 15.4. The van der Waals surface area contributed by atoms with Gasteiger partial charge < -0.3 is 9.15 Å². The summed E-state index contributed by atoms with van der Waals surface area (Å²) < 4.78 is 10.2. The summed E-state index contributed by atoms with van der Waals surface area (Å²) in [6, 6.07) is 11.7. The first-order chi connectivity index (χ1) is 10.3. The number of methoxy groups -OCH3 is 1. The van der Waals surface area contributed by atoms with Crippen LogP contribution in [0.3, 0.4) is 0 Å². The lowest BCUT2D eigenvalue weighted by Gasteiger charge is -2.11. The van der Waals surface area contributed by atoms with Gasteiger partial charge >= 0.3 is 5.97 Å². The molecule has 0 fully saturated rings. The lowest BCUT2D eigenvalue weighted by atomic mass is 9.97. The van der Waals surface area contributed by atoms with E-state index >= 15 is 0 Å². The number of ether oxygens (including phenoxy) is 1. The van der Waals surface area contributed by atoms with Gasteiger partial charge in [0.05, 0.1) is 18.9 Å². The van der Waals surface area contributed by atoms with Gasteiger partial charge in [-0.3, -0.25) is 0 Å². The summed E-state index contributed by atoms with van der Waals surface area (Å²) in [4.78, 5) is 12.0. The van der Waals surface area contributed by atoms with Crippen LogP contribution in [0.25, 0.3) is 5.57 Å². The summed E-state index contributed by atoms with van der Waals surface area (Å²) in [6.07, 6.45) is 5.22. The SMILES string of the molecule is COC(=O)C(=CSC)c1ccccc1CCc1ccco1. The summed E-state index contributed by atoms with van der Waals surface area (Å²) in [7, 11) is 1.40. The van der Waals surface area contributed by atoms with Crippen molar-refractivity contribution in [2.75, 3.05) is 13.4 Å². The van der Waals surface area contributed by atoms with E-state index in [4.69, 9.17) is 9.15 Å². The number of carbonyl (C=O) groups excluding carboxylic acids is 1. The van der Waals surface area contributed by atoms with E-state index in [1.807, 2.05) is 48.1 Å². The van der Waals surface area contributed by atoms with Crippen LogP contribution < -0.4 is 0 Å². The van der Waals surface area contributed by atoms with Gasteiger partial charge in [-0.25, -0.2) is 4.79 Å². The minimum absolute atomic E-state index is 0.310. The standard InChI is InChI=1S/C17H18O3S/c1-19-17(18)16(12-21-2)15-8-4-3-6-13(15)9-10-14-7-5-11-20-14/h3-8,11-12H,9-10H2,1-2H3. The number of furan rings is 1. The van der Waals surface area contributed by atoms with Gasteiger partial charge in [0.2, 0.25) is 0 Å². The van der Waals surface area contributed by atoms with Crippen LogP contribution in [0, 0.1) is 0 Å². The Morgan fingerprint density at radius 2 is 2.05 bits per heavy atom. The molecule has 0 radical (unpaired) electrons. The van der Waals surface area contributed by atoms with Crippen LogP contribution in [0.2, 0.25) is 0 Å². The molecule has 1 aromatic carbocycles. The van der Waals surface area contributed by atoms with Gasteiger partial charge in [-0.1, -0.05) is 24.3 Å². The van der Waals surface area contributed by atoms with Crippen LogP contribution in [0.4, 0.5) is 0 Å². The van der Waals surface area contributed by atoms with Crippen molar-refractivity contribution >= 4 is 23.3 Å². The number of hydrogen-bond donors (Lipinski definition) is 0. The van der Waals surface area contributed by atoms with Crippen molar-refractivity contribution in [2.45, 2.75) is 12.8 Å². The molecule has 0 amide bonds. The molecule has 21 heavy (non-hydrogen) atoms. The van der Waals surface area contributed by atoms with Crippen molar-refractivity contribution in [3.05, 3.63) is 65.0 Å². The zero-order valence-corrected chi connectivity index (χ0v) is 13.0. The molecule has 110 valence electrons. The molecule has 3 nitrogen and oxygen atoms in total. The minimum atomic E-state index is -0.310.